The number of carbonyl (C=O) groups is 3. The lowest BCUT2D eigenvalue weighted by Gasteiger charge is -2.15. The Kier molecular flexibility index (Phi) is 4.18. The van der Waals surface area contributed by atoms with Crippen molar-refractivity contribution in [2.24, 2.45) is 5.84 Å². The van der Waals surface area contributed by atoms with E-state index >= 15 is 0 Å². The van der Waals surface area contributed by atoms with E-state index in [-0.39, 0.29) is 35.8 Å². The van der Waals surface area contributed by atoms with E-state index in [1.54, 1.807) is 24.3 Å². The average Bonchev–Trinajstić information content (AvgIpc) is 2.72. The molecular weight excluding hydrogens is 266 g/mol. The van der Waals surface area contributed by atoms with Crippen LogP contribution in [0.15, 0.2) is 24.3 Å². The van der Waals surface area contributed by atoms with Crippen molar-refractivity contribution in [2.75, 3.05) is 5.75 Å². The predicted molar refractivity (Wildman–Crippen MR) is 70.9 cm³/mol. The summed E-state index contributed by atoms with van der Waals surface area (Å²) in [5.74, 6) is 4.72. The number of nitrogens with one attached hydrogen (secondary N) is 1. The van der Waals surface area contributed by atoms with Crippen LogP contribution in [0.1, 0.15) is 11.1 Å². The van der Waals surface area contributed by atoms with Crippen molar-refractivity contribution in [1.29, 1.82) is 0 Å². The summed E-state index contributed by atoms with van der Waals surface area (Å²) in [4.78, 5) is 35.6. The number of nitrogens with zero attached hydrogens (tertiary/aromatic N) is 1. The summed E-state index contributed by atoms with van der Waals surface area (Å²) in [5, 5.41) is -0.247. The highest BCUT2D eigenvalue weighted by Crippen LogP contribution is 2.22. The number of thioether (sulfide) groups is 1. The molecule has 6 nitrogen and oxygen atoms in total. The lowest BCUT2D eigenvalue weighted by atomic mass is 10.0. The molecule has 3 N–H and O–H groups in total. The summed E-state index contributed by atoms with van der Waals surface area (Å²) in [6, 6.07) is 7.17. The number of hydrazine groups is 1. The summed E-state index contributed by atoms with van der Waals surface area (Å²) >= 11 is 0.995. The quantitative estimate of drug-likeness (QED) is 0.473. The van der Waals surface area contributed by atoms with Gasteiger partial charge in [0.2, 0.25) is 11.8 Å². The molecule has 0 aliphatic carbocycles. The highest BCUT2D eigenvalue weighted by molar-refractivity contribution is 8.14. The normalized spacial score (nSPS) is 14.9. The number of nitrogens with two attached hydrogens (primary N) is 1. The molecule has 0 unspecified atom stereocenters. The first-order valence-electron chi connectivity index (χ1n) is 5.65. The third-order valence-corrected chi connectivity index (χ3v) is 3.66. The van der Waals surface area contributed by atoms with Gasteiger partial charge < -0.3 is 0 Å². The second kappa shape index (κ2) is 5.85. The zero-order valence-corrected chi connectivity index (χ0v) is 10.9. The van der Waals surface area contributed by atoms with Crippen LogP contribution in [0.2, 0.25) is 0 Å². The SMILES string of the molecule is NNC(=O)Cc1ccccc1CN1C(=O)CSC1=O. The Balaban J connectivity index is 2.18. The van der Waals surface area contributed by atoms with Crippen LogP contribution >= 0.6 is 11.8 Å². The monoisotopic (exact) mass is 279 g/mol. The van der Waals surface area contributed by atoms with Gasteiger partial charge >= 0.3 is 0 Å². The van der Waals surface area contributed by atoms with E-state index in [2.05, 4.69) is 5.43 Å². The Bertz CT molecular complexity index is 517. The van der Waals surface area contributed by atoms with E-state index in [0.29, 0.717) is 0 Å². The smallest absolute Gasteiger partial charge is 0.289 e. The maximum atomic E-state index is 11.6. The van der Waals surface area contributed by atoms with Crippen molar-refractivity contribution in [2.45, 2.75) is 13.0 Å². The highest BCUT2D eigenvalue weighted by Gasteiger charge is 2.30. The van der Waals surface area contributed by atoms with Crippen molar-refractivity contribution in [3.8, 4) is 0 Å². The zero-order valence-electron chi connectivity index (χ0n) is 10.1. The van der Waals surface area contributed by atoms with Crippen LogP contribution in [0.5, 0.6) is 0 Å². The van der Waals surface area contributed by atoms with Crippen LogP contribution in [-0.4, -0.2) is 27.7 Å². The fourth-order valence-electron chi connectivity index (χ4n) is 1.81. The van der Waals surface area contributed by atoms with Crippen molar-refractivity contribution >= 4 is 28.8 Å². The molecule has 0 saturated carbocycles. The summed E-state index contributed by atoms with van der Waals surface area (Å²) in [6.07, 6.45) is 0.121. The molecule has 1 aliphatic rings. The fraction of sp³-hybridized carbons (Fsp3) is 0.250. The lowest BCUT2D eigenvalue weighted by Crippen LogP contribution is -2.32. The van der Waals surface area contributed by atoms with E-state index in [9.17, 15) is 14.4 Å². The molecule has 0 bridgehead atoms. The van der Waals surface area contributed by atoms with Crippen LogP contribution in [0.3, 0.4) is 0 Å². The van der Waals surface area contributed by atoms with E-state index < -0.39 is 0 Å². The number of amides is 3. The van der Waals surface area contributed by atoms with Crippen LogP contribution in [0.25, 0.3) is 0 Å². The van der Waals surface area contributed by atoms with Crippen molar-refractivity contribution in [1.82, 2.24) is 10.3 Å². The third-order valence-electron chi connectivity index (χ3n) is 2.80. The molecular formula is C12H13N3O3S. The number of benzene rings is 1. The first kappa shape index (κ1) is 13.6. The minimum atomic E-state index is -0.319. The largest absolute Gasteiger partial charge is 0.294 e. The van der Waals surface area contributed by atoms with Gasteiger partial charge in [-0.1, -0.05) is 36.0 Å². The van der Waals surface area contributed by atoms with E-state index in [4.69, 9.17) is 5.84 Å². The van der Waals surface area contributed by atoms with Crippen LogP contribution in [0, 0.1) is 0 Å². The number of hydrogen-bond acceptors (Lipinski definition) is 5. The topological polar surface area (TPSA) is 92.5 Å². The first-order valence-corrected chi connectivity index (χ1v) is 6.63. The van der Waals surface area contributed by atoms with Gasteiger partial charge in [0.1, 0.15) is 0 Å². The molecule has 0 atom stereocenters. The Labute approximate surface area is 114 Å². The summed E-state index contributed by atoms with van der Waals surface area (Å²) in [7, 11) is 0. The minimum Gasteiger partial charge on any atom is -0.294 e. The maximum absolute atomic E-state index is 11.6. The third kappa shape index (κ3) is 3.12. The molecule has 19 heavy (non-hydrogen) atoms. The van der Waals surface area contributed by atoms with Gasteiger partial charge in [-0.2, -0.15) is 0 Å². The molecule has 1 saturated heterocycles. The summed E-state index contributed by atoms with van der Waals surface area (Å²) < 4.78 is 0. The first-order chi connectivity index (χ1) is 9.11. The maximum Gasteiger partial charge on any atom is 0.289 e. The van der Waals surface area contributed by atoms with Crippen molar-refractivity contribution < 1.29 is 14.4 Å². The molecule has 1 fully saturated rings. The lowest BCUT2D eigenvalue weighted by molar-refractivity contribution is -0.125. The average molecular weight is 279 g/mol. The van der Waals surface area contributed by atoms with Crippen molar-refractivity contribution in [3.05, 3.63) is 35.4 Å². The molecule has 2 rings (SSSR count). The van der Waals surface area contributed by atoms with Crippen molar-refractivity contribution in [3.63, 3.8) is 0 Å². The predicted octanol–water partition coefficient (Wildman–Crippen LogP) is 0.414. The summed E-state index contributed by atoms with van der Waals surface area (Å²) in [5.41, 5.74) is 3.59. The van der Waals surface area contributed by atoms with Gasteiger partial charge in [0, 0.05) is 0 Å². The van der Waals surface area contributed by atoms with E-state index in [1.807, 2.05) is 0 Å². The van der Waals surface area contributed by atoms with Gasteiger partial charge in [-0.25, -0.2) is 5.84 Å². The zero-order chi connectivity index (χ0) is 13.8. The second-order valence-corrected chi connectivity index (χ2v) is 4.97. The fourth-order valence-corrected chi connectivity index (χ4v) is 2.54. The number of hydrogen-bond donors (Lipinski definition) is 2. The van der Waals surface area contributed by atoms with Gasteiger partial charge in [-0.3, -0.25) is 24.7 Å². The second-order valence-electron chi connectivity index (χ2n) is 4.05. The number of carbonyl (C=O) groups excluding carboxylic acids is 3. The molecule has 0 aromatic heterocycles. The van der Waals surface area contributed by atoms with Crippen LogP contribution in [0.4, 0.5) is 4.79 Å². The van der Waals surface area contributed by atoms with Gasteiger partial charge in [0.15, 0.2) is 0 Å². The molecule has 0 radical (unpaired) electrons. The Morgan fingerprint density at radius 2 is 2.00 bits per heavy atom. The van der Waals surface area contributed by atoms with E-state index in [1.165, 1.54) is 4.90 Å². The van der Waals surface area contributed by atoms with Gasteiger partial charge in [-0.05, 0) is 11.1 Å². The molecule has 1 aliphatic heterocycles. The number of rotatable bonds is 4. The Morgan fingerprint density at radius 1 is 1.32 bits per heavy atom. The molecule has 3 amide bonds. The molecule has 0 spiro atoms. The standard InChI is InChI=1S/C12H13N3O3S/c13-14-10(16)5-8-3-1-2-4-9(8)6-15-11(17)7-19-12(15)18/h1-4H,5-7,13H2,(H,14,16). The van der Waals surface area contributed by atoms with Gasteiger partial charge in [0.25, 0.3) is 5.24 Å². The molecule has 1 aromatic rings. The highest BCUT2D eigenvalue weighted by atomic mass is 32.2. The molecule has 1 aromatic carbocycles. The summed E-state index contributed by atoms with van der Waals surface area (Å²) in [6.45, 7) is 0.193. The molecule has 100 valence electrons. The molecule has 7 heteroatoms. The van der Waals surface area contributed by atoms with E-state index in [0.717, 1.165) is 22.9 Å². The van der Waals surface area contributed by atoms with Crippen LogP contribution in [-0.2, 0) is 22.6 Å². The minimum absolute atomic E-state index is 0.121. The van der Waals surface area contributed by atoms with Crippen LogP contribution < -0.4 is 11.3 Å². The Hall–Kier alpha value is -1.86. The van der Waals surface area contributed by atoms with Gasteiger partial charge in [0.05, 0.1) is 18.7 Å². The Morgan fingerprint density at radius 3 is 2.58 bits per heavy atom. The van der Waals surface area contributed by atoms with Gasteiger partial charge in [-0.15, -0.1) is 0 Å². The number of imide groups is 1. The molecule has 1 heterocycles.